The molecule has 0 spiro atoms. The molecule has 7 heteroatoms. The van der Waals surface area contributed by atoms with Crippen LogP contribution < -0.4 is 10.5 Å². The highest BCUT2D eigenvalue weighted by Crippen LogP contribution is 2.43. The van der Waals surface area contributed by atoms with E-state index in [9.17, 15) is 13.2 Å². The standard InChI is InChI=1S/C15H20N2O4S/c1-15(8-9-21-13(15)10-2-3-10)17-14(18)11-4-6-12(7-5-11)22(16,19)20/h4-7,10,13H,2-3,8-9H2,1H3,(H,17,18)(H2,16,19,20)/t13-,15-/m0/s1. The van der Waals surface area contributed by atoms with Gasteiger partial charge in [-0.25, -0.2) is 13.6 Å². The first-order valence-corrected chi connectivity index (χ1v) is 8.91. The number of carbonyl (C=O) groups excluding carboxylic acids is 1. The Morgan fingerprint density at radius 3 is 2.50 bits per heavy atom. The summed E-state index contributed by atoms with van der Waals surface area (Å²) in [7, 11) is -3.74. The molecule has 120 valence electrons. The van der Waals surface area contributed by atoms with Crippen molar-refractivity contribution in [2.24, 2.45) is 11.1 Å². The smallest absolute Gasteiger partial charge is 0.251 e. The Morgan fingerprint density at radius 2 is 1.95 bits per heavy atom. The van der Waals surface area contributed by atoms with Gasteiger partial charge in [-0.05, 0) is 56.4 Å². The van der Waals surface area contributed by atoms with Gasteiger partial charge in [-0.2, -0.15) is 0 Å². The average Bonchev–Trinajstić information content (AvgIpc) is 3.21. The van der Waals surface area contributed by atoms with E-state index in [-0.39, 0.29) is 22.4 Å². The largest absolute Gasteiger partial charge is 0.375 e. The summed E-state index contributed by atoms with van der Waals surface area (Å²) in [6.07, 6.45) is 3.16. The van der Waals surface area contributed by atoms with Crippen molar-refractivity contribution in [1.82, 2.24) is 5.32 Å². The number of hydrogen-bond donors (Lipinski definition) is 2. The molecule has 1 saturated carbocycles. The van der Waals surface area contributed by atoms with Gasteiger partial charge in [0.1, 0.15) is 0 Å². The molecule has 1 aromatic rings. The van der Waals surface area contributed by atoms with E-state index in [1.165, 1.54) is 24.3 Å². The van der Waals surface area contributed by atoms with E-state index in [1.54, 1.807) is 0 Å². The molecule has 1 saturated heterocycles. The zero-order chi connectivity index (χ0) is 16.0. The van der Waals surface area contributed by atoms with Crippen molar-refractivity contribution in [3.05, 3.63) is 29.8 Å². The molecule has 3 N–H and O–H groups in total. The fourth-order valence-corrected chi connectivity index (χ4v) is 3.56. The Morgan fingerprint density at radius 1 is 1.32 bits per heavy atom. The molecular formula is C15H20N2O4S. The lowest BCUT2D eigenvalue weighted by Gasteiger charge is -2.31. The lowest BCUT2D eigenvalue weighted by atomic mass is 9.90. The highest BCUT2D eigenvalue weighted by molar-refractivity contribution is 7.89. The van der Waals surface area contributed by atoms with Gasteiger partial charge in [-0.3, -0.25) is 4.79 Å². The number of carbonyl (C=O) groups is 1. The van der Waals surface area contributed by atoms with E-state index in [0.717, 1.165) is 19.3 Å². The van der Waals surface area contributed by atoms with Gasteiger partial charge >= 0.3 is 0 Å². The van der Waals surface area contributed by atoms with Crippen molar-refractivity contribution < 1.29 is 17.9 Å². The van der Waals surface area contributed by atoms with Gasteiger partial charge in [0.05, 0.1) is 16.5 Å². The predicted octanol–water partition coefficient (Wildman–Crippen LogP) is 1.02. The van der Waals surface area contributed by atoms with Gasteiger partial charge in [0, 0.05) is 12.2 Å². The fraction of sp³-hybridized carbons (Fsp3) is 0.533. The zero-order valence-corrected chi connectivity index (χ0v) is 13.2. The summed E-state index contributed by atoms with van der Waals surface area (Å²) in [5.74, 6) is 0.317. The van der Waals surface area contributed by atoms with Gasteiger partial charge in [0.2, 0.25) is 10.0 Å². The Bertz CT molecular complexity index is 682. The lowest BCUT2D eigenvalue weighted by molar-refractivity contribution is 0.0514. The van der Waals surface area contributed by atoms with E-state index < -0.39 is 10.0 Å². The average molecular weight is 324 g/mol. The van der Waals surface area contributed by atoms with E-state index in [2.05, 4.69) is 5.32 Å². The second-order valence-corrected chi connectivity index (χ2v) is 7.88. The van der Waals surface area contributed by atoms with Crippen LogP contribution in [0.5, 0.6) is 0 Å². The molecule has 1 aromatic carbocycles. The van der Waals surface area contributed by atoms with Crippen molar-refractivity contribution in [3.8, 4) is 0 Å². The van der Waals surface area contributed by atoms with E-state index in [0.29, 0.717) is 18.1 Å². The second-order valence-electron chi connectivity index (χ2n) is 6.32. The van der Waals surface area contributed by atoms with Crippen molar-refractivity contribution in [3.63, 3.8) is 0 Å². The summed E-state index contributed by atoms with van der Waals surface area (Å²) in [5, 5.41) is 8.11. The number of amides is 1. The maximum atomic E-state index is 12.4. The number of nitrogens with one attached hydrogen (secondary N) is 1. The number of nitrogens with two attached hydrogens (primary N) is 1. The van der Waals surface area contributed by atoms with Crippen LogP contribution in [-0.2, 0) is 14.8 Å². The molecule has 1 aliphatic heterocycles. The van der Waals surface area contributed by atoms with Crippen molar-refractivity contribution in [2.75, 3.05) is 6.61 Å². The second kappa shape index (κ2) is 5.33. The van der Waals surface area contributed by atoms with E-state index in [4.69, 9.17) is 9.88 Å². The van der Waals surface area contributed by atoms with Crippen LogP contribution in [0.15, 0.2) is 29.2 Å². The minimum Gasteiger partial charge on any atom is -0.375 e. The van der Waals surface area contributed by atoms with Crippen LogP contribution in [0, 0.1) is 5.92 Å². The monoisotopic (exact) mass is 324 g/mol. The Kier molecular flexibility index (Phi) is 3.74. The molecule has 3 rings (SSSR count). The SMILES string of the molecule is C[C@]1(NC(=O)c2ccc(S(N)(=O)=O)cc2)CCO[C@H]1C1CC1. The number of ether oxygens (including phenoxy) is 1. The zero-order valence-electron chi connectivity index (χ0n) is 12.4. The highest BCUT2D eigenvalue weighted by Gasteiger charge is 2.49. The third kappa shape index (κ3) is 3.02. The molecule has 1 heterocycles. The van der Waals surface area contributed by atoms with Crippen LogP contribution >= 0.6 is 0 Å². The van der Waals surface area contributed by atoms with Crippen molar-refractivity contribution in [1.29, 1.82) is 0 Å². The minimum atomic E-state index is -3.74. The molecule has 2 aliphatic rings. The van der Waals surface area contributed by atoms with E-state index >= 15 is 0 Å². The number of primary sulfonamides is 1. The molecule has 1 aliphatic carbocycles. The number of benzene rings is 1. The summed E-state index contributed by atoms with van der Waals surface area (Å²) in [6.45, 7) is 2.67. The summed E-state index contributed by atoms with van der Waals surface area (Å²) < 4.78 is 28.2. The fourth-order valence-electron chi connectivity index (χ4n) is 3.04. The first kappa shape index (κ1) is 15.5. The van der Waals surface area contributed by atoms with E-state index in [1.807, 2.05) is 6.92 Å². The molecule has 0 bridgehead atoms. The van der Waals surface area contributed by atoms with Gasteiger partial charge < -0.3 is 10.1 Å². The Hall–Kier alpha value is -1.44. The molecule has 6 nitrogen and oxygen atoms in total. The minimum absolute atomic E-state index is 0.00433. The summed E-state index contributed by atoms with van der Waals surface area (Å²) in [5.41, 5.74) is 0.0479. The molecule has 0 radical (unpaired) electrons. The third-order valence-electron chi connectivity index (χ3n) is 4.44. The quantitative estimate of drug-likeness (QED) is 0.864. The first-order valence-electron chi connectivity index (χ1n) is 7.37. The maximum Gasteiger partial charge on any atom is 0.251 e. The molecule has 0 aromatic heterocycles. The third-order valence-corrected chi connectivity index (χ3v) is 5.37. The van der Waals surface area contributed by atoms with Crippen molar-refractivity contribution >= 4 is 15.9 Å². The number of hydrogen-bond acceptors (Lipinski definition) is 4. The van der Waals surface area contributed by atoms with Crippen LogP contribution in [-0.4, -0.2) is 32.6 Å². The van der Waals surface area contributed by atoms with Gasteiger partial charge in [0.15, 0.2) is 0 Å². The lowest BCUT2D eigenvalue weighted by Crippen LogP contribution is -2.52. The number of rotatable bonds is 4. The van der Waals surface area contributed by atoms with Gasteiger partial charge in [-0.1, -0.05) is 0 Å². The topological polar surface area (TPSA) is 98.5 Å². The molecule has 2 fully saturated rings. The predicted molar refractivity (Wildman–Crippen MR) is 80.8 cm³/mol. The van der Waals surface area contributed by atoms with Crippen LogP contribution in [0.3, 0.4) is 0 Å². The highest BCUT2D eigenvalue weighted by atomic mass is 32.2. The van der Waals surface area contributed by atoms with Gasteiger partial charge in [0.25, 0.3) is 5.91 Å². The molecule has 22 heavy (non-hydrogen) atoms. The first-order chi connectivity index (χ1) is 10.3. The molecule has 0 unspecified atom stereocenters. The molecular weight excluding hydrogens is 304 g/mol. The van der Waals surface area contributed by atoms with Crippen LogP contribution in [0.1, 0.15) is 36.5 Å². The molecule has 2 atom stereocenters. The Balaban J connectivity index is 1.74. The van der Waals surface area contributed by atoms with Crippen LogP contribution in [0.2, 0.25) is 0 Å². The summed E-state index contributed by atoms with van der Waals surface area (Å²) in [4.78, 5) is 12.4. The van der Waals surface area contributed by atoms with Crippen LogP contribution in [0.4, 0.5) is 0 Å². The van der Waals surface area contributed by atoms with Gasteiger partial charge in [-0.15, -0.1) is 0 Å². The normalized spacial score (nSPS) is 28.5. The maximum absolute atomic E-state index is 12.4. The summed E-state index contributed by atoms with van der Waals surface area (Å²) >= 11 is 0. The molecule has 1 amide bonds. The summed E-state index contributed by atoms with van der Waals surface area (Å²) in [6, 6.07) is 5.63. The van der Waals surface area contributed by atoms with Crippen LogP contribution in [0.25, 0.3) is 0 Å². The Labute approximate surface area is 130 Å². The number of sulfonamides is 1. The van der Waals surface area contributed by atoms with Crippen molar-refractivity contribution in [2.45, 2.75) is 42.7 Å².